The summed E-state index contributed by atoms with van der Waals surface area (Å²) in [6.07, 6.45) is 1.81. The summed E-state index contributed by atoms with van der Waals surface area (Å²) in [5.74, 6) is -1.17. The Kier molecular flexibility index (Phi) is 5.16. The molecule has 2 rings (SSSR count). The Hall–Kier alpha value is -2.63. The smallest absolute Gasteiger partial charge is 0.356 e. The topological polar surface area (TPSA) is 84.2 Å². The highest BCUT2D eigenvalue weighted by atomic mass is 16.4. The van der Waals surface area contributed by atoms with Crippen molar-refractivity contribution >= 4 is 11.9 Å². The molecule has 2 N–H and O–H groups in total. The minimum atomic E-state index is -1.07. The van der Waals surface area contributed by atoms with Crippen molar-refractivity contribution in [3.63, 3.8) is 0 Å². The van der Waals surface area contributed by atoms with Crippen LogP contribution in [0.25, 0.3) is 0 Å². The molecule has 2 aromatic rings. The predicted octanol–water partition coefficient (Wildman–Crippen LogP) is 2.47. The lowest BCUT2D eigenvalue weighted by molar-refractivity contribution is -0.122. The van der Waals surface area contributed by atoms with Gasteiger partial charge < -0.3 is 10.4 Å². The average molecular weight is 315 g/mol. The number of aromatic carboxylic acids is 1. The van der Waals surface area contributed by atoms with Gasteiger partial charge >= 0.3 is 5.97 Å². The number of aryl methyl sites for hydroxylation is 3. The van der Waals surface area contributed by atoms with Gasteiger partial charge in [-0.2, -0.15) is 5.10 Å². The first-order chi connectivity index (χ1) is 10.9. The summed E-state index contributed by atoms with van der Waals surface area (Å²) >= 11 is 0. The van der Waals surface area contributed by atoms with Gasteiger partial charge in [0.15, 0.2) is 5.69 Å². The number of amides is 1. The van der Waals surface area contributed by atoms with E-state index in [2.05, 4.69) is 16.5 Å². The molecule has 1 atom stereocenters. The van der Waals surface area contributed by atoms with Crippen LogP contribution in [-0.4, -0.2) is 26.8 Å². The van der Waals surface area contributed by atoms with Crippen LogP contribution in [-0.2, 0) is 11.3 Å². The van der Waals surface area contributed by atoms with E-state index >= 15 is 0 Å². The van der Waals surface area contributed by atoms with E-state index < -0.39 is 5.97 Å². The van der Waals surface area contributed by atoms with Gasteiger partial charge in [0.2, 0.25) is 5.91 Å². The maximum absolute atomic E-state index is 12.1. The van der Waals surface area contributed by atoms with Crippen molar-refractivity contribution in [3.05, 3.63) is 52.8 Å². The summed E-state index contributed by atoms with van der Waals surface area (Å²) in [5, 5.41) is 15.7. The van der Waals surface area contributed by atoms with Gasteiger partial charge in [-0.05, 0) is 38.0 Å². The normalized spacial score (nSPS) is 12.0. The lowest BCUT2D eigenvalue weighted by Crippen LogP contribution is -2.28. The van der Waals surface area contributed by atoms with Crippen molar-refractivity contribution in [1.82, 2.24) is 15.1 Å². The van der Waals surface area contributed by atoms with Crippen molar-refractivity contribution in [2.24, 2.45) is 0 Å². The summed E-state index contributed by atoms with van der Waals surface area (Å²) in [4.78, 5) is 22.8. The predicted molar refractivity (Wildman–Crippen MR) is 86.3 cm³/mol. The Bertz CT molecular complexity index is 722. The molecule has 0 saturated heterocycles. The highest BCUT2D eigenvalue weighted by Gasteiger charge is 2.12. The molecular formula is C17H21N3O3. The first-order valence-corrected chi connectivity index (χ1v) is 7.50. The highest BCUT2D eigenvalue weighted by molar-refractivity contribution is 5.85. The molecular weight excluding hydrogens is 294 g/mol. The standard InChI is InChI=1S/C17H21N3O3/c1-11-4-5-14(12(2)10-11)13(3)18-16(21)7-9-20-8-6-15(19-20)17(22)23/h4-6,8,10,13H,7,9H2,1-3H3,(H,18,21)(H,22,23). The fraction of sp³-hybridized carbons (Fsp3) is 0.353. The summed E-state index contributed by atoms with van der Waals surface area (Å²) < 4.78 is 1.46. The first kappa shape index (κ1) is 16.7. The van der Waals surface area contributed by atoms with Crippen molar-refractivity contribution < 1.29 is 14.7 Å². The van der Waals surface area contributed by atoms with Gasteiger partial charge in [0.05, 0.1) is 6.04 Å². The Morgan fingerprint density at radius 3 is 2.65 bits per heavy atom. The molecule has 0 aliphatic rings. The van der Waals surface area contributed by atoms with Crippen LogP contribution in [0.1, 0.15) is 46.6 Å². The number of rotatable bonds is 6. The third-order valence-electron chi connectivity index (χ3n) is 3.70. The Morgan fingerprint density at radius 2 is 2.04 bits per heavy atom. The number of aromatic nitrogens is 2. The van der Waals surface area contributed by atoms with Crippen molar-refractivity contribution in [3.8, 4) is 0 Å². The van der Waals surface area contributed by atoms with E-state index in [-0.39, 0.29) is 24.1 Å². The number of hydrogen-bond donors (Lipinski definition) is 2. The maximum atomic E-state index is 12.1. The van der Waals surface area contributed by atoms with Crippen LogP contribution in [0.2, 0.25) is 0 Å². The molecule has 0 aliphatic carbocycles. The number of carbonyl (C=O) groups is 2. The van der Waals surface area contributed by atoms with E-state index in [4.69, 9.17) is 5.11 Å². The van der Waals surface area contributed by atoms with Gasteiger partial charge in [-0.15, -0.1) is 0 Å². The van der Waals surface area contributed by atoms with Crippen LogP contribution < -0.4 is 5.32 Å². The van der Waals surface area contributed by atoms with Crippen LogP contribution in [0.15, 0.2) is 30.5 Å². The van der Waals surface area contributed by atoms with E-state index in [1.807, 2.05) is 32.9 Å². The Morgan fingerprint density at radius 1 is 1.30 bits per heavy atom. The van der Waals surface area contributed by atoms with Gasteiger partial charge in [0.1, 0.15) is 0 Å². The molecule has 1 unspecified atom stereocenters. The van der Waals surface area contributed by atoms with E-state index in [1.165, 1.54) is 16.3 Å². The summed E-state index contributed by atoms with van der Waals surface area (Å²) in [6.45, 7) is 6.36. The van der Waals surface area contributed by atoms with Crippen LogP contribution in [0.3, 0.4) is 0 Å². The number of carboxylic acids is 1. The largest absolute Gasteiger partial charge is 0.476 e. The molecule has 0 fully saturated rings. The van der Waals surface area contributed by atoms with E-state index in [0.29, 0.717) is 6.54 Å². The summed E-state index contributed by atoms with van der Waals surface area (Å²) in [7, 11) is 0. The third-order valence-corrected chi connectivity index (χ3v) is 3.70. The first-order valence-electron chi connectivity index (χ1n) is 7.50. The zero-order valence-corrected chi connectivity index (χ0v) is 13.5. The van der Waals surface area contributed by atoms with Crippen LogP contribution in [0.4, 0.5) is 0 Å². The van der Waals surface area contributed by atoms with Gasteiger partial charge in [-0.3, -0.25) is 9.48 Å². The molecule has 1 aromatic carbocycles. The lowest BCUT2D eigenvalue weighted by Gasteiger charge is -2.17. The number of nitrogens with one attached hydrogen (secondary N) is 1. The molecule has 1 amide bonds. The van der Waals surface area contributed by atoms with Crippen LogP contribution >= 0.6 is 0 Å². The molecule has 6 heteroatoms. The maximum Gasteiger partial charge on any atom is 0.356 e. The van der Waals surface area contributed by atoms with E-state index in [1.54, 1.807) is 6.20 Å². The molecule has 0 aliphatic heterocycles. The molecule has 122 valence electrons. The molecule has 23 heavy (non-hydrogen) atoms. The third kappa shape index (κ3) is 4.42. The van der Waals surface area contributed by atoms with Gasteiger partial charge in [-0.25, -0.2) is 4.79 Å². The molecule has 1 heterocycles. The number of benzene rings is 1. The monoisotopic (exact) mass is 315 g/mol. The molecule has 0 radical (unpaired) electrons. The number of nitrogens with zero attached hydrogens (tertiary/aromatic N) is 2. The SMILES string of the molecule is Cc1ccc(C(C)NC(=O)CCn2ccc(C(=O)O)n2)c(C)c1. The zero-order chi connectivity index (χ0) is 17.0. The quantitative estimate of drug-likeness (QED) is 0.857. The zero-order valence-electron chi connectivity index (χ0n) is 13.5. The van der Waals surface area contributed by atoms with E-state index in [9.17, 15) is 9.59 Å². The number of carboxylic acid groups (broad SMARTS) is 1. The Balaban J connectivity index is 1.89. The van der Waals surface area contributed by atoms with E-state index in [0.717, 1.165) is 11.1 Å². The van der Waals surface area contributed by atoms with Crippen LogP contribution in [0, 0.1) is 13.8 Å². The van der Waals surface area contributed by atoms with Crippen molar-refractivity contribution in [1.29, 1.82) is 0 Å². The number of carbonyl (C=O) groups excluding carboxylic acids is 1. The van der Waals surface area contributed by atoms with Gasteiger partial charge in [-0.1, -0.05) is 23.8 Å². The minimum Gasteiger partial charge on any atom is -0.476 e. The highest BCUT2D eigenvalue weighted by Crippen LogP contribution is 2.18. The Labute approximate surface area is 135 Å². The second-order valence-electron chi connectivity index (χ2n) is 5.67. The number of hydrogen-bond acceptors (Lipinski definition) is 3. The second kappa shape index (κ2) is 7.09. The minimum absolute atomic E-state index is 0.0194. The molecule has 1 aromatic heterocycles. The van der Waals surface area contributed by atoms with Crippen molar-refractivity contribution in [2.45, 2.75) is 39.8 Å². The molecule has 0 spiro atoms. The fourth-order valence-corrected chi connectivity index (χ4v) is 2.52. The lowest BCUT2D eigenvalue weighted by atomic mass is 10.0. The summed E-state index contributed by atoms with van der Waals surface area (Å²) in [5.41, 5.74) is 3.42. The second-order valence-corrected chi connectivity index (χ2v) is 5.67. The van der Waals surface area contributed by atoms with Gasteiger partial charge in [0.25, 0.3) is 0 Å². The molecule has 0 bridgehead atoms. The van der Waals surface area contributed by atoms with Crippen LogP contribution in [0.5, 0.6) is 0 Å². The molecule has 0 saturated carbocycles. The fourth-order valence-electron chi connectivity index (χ4n) is 2.52. The molecule has 6 nitrogen and oxygen atoms in total. The van der Waals surface area contributed by atoms with Gasteiger partial charge in [0, 0.05) is 19.2 Å². The van der Waals surface area contributed by atoms with Crippen molar-refractivity contribution in [2.75, 3.05) is 0 Å². The summed E-state index contributed by atoms with van der Waals surface area (Å²) in [6, 6.07) is 7.49. The average Bonchev–Trinajstić information content (AvgIpc) is 2.94.